The molecule has 88 valence electrons. The fourth-order valence-corrected chi connectivity index (χ4v) is 4.93. The number of aliphatic carboxylic acids is 1. The molecule has 0 aromatic rings. The molecule has 0 aromatic heterocycles. The van der Waals surface area contributed by atoms with Gasteiger partial charge >= 0.3 is 5.97 Å². The molecule has 4 rings (SSSR count). The van der Waals surface area contributed by atoms with E-state index in [1.807, 2.05) is 6.92 Å². The van der Waals surface area contributed by atoms with E-state index in [2.05, 4.69) is 0 Å². The maximum atomic E-state index is 10.8. The lowest BCUT2D eigenvalue weighted by molar-refractivity contribution is -0.131. The highest BCUT2D eigenvalue weighted by Gasteiger charge is 2.51. The van der Waals surface area contributed by atoms with Crippen molar-refractivity contribution < 1.29 is 9.90 Å². The highest BCUT2D eigenvalue weighted by atomic mass is 16.4. The lowest BCUT2D eigenvalue weighted by atomic mass is 9.48. The van der Waals surface area contributed by atoms with Gasteiger partial charge in [0.1, 0.15) is 0 Å². The van der Waals surface area contributed by atoms with Gasteiger partial charge in [0.05, 0.1) is 0 Å². The van der Waals surface area contributed by atoms with Crippen molar-refractivity contribution >= 4 is 5.97 Å². The van der Waals surface area contributed by atoms with E-state index < -0.39 is 5.97 Å². The third-order valence-electron chi connectivity index (χ3n) is 5.21. The minimum atomic E-state index is -0.770. The van der Waals surface area contributed by atoms with Gasteiger partial charge in [-0.3, -0.25) is 0 Å². The summed E-state index contributed by atoms with van der Waals surface area (Å²) < 4.78 is 0. The quantitative estimate of drug-likeness (QED) is 0.725. The van der Waals surface area contributed by atoms with Gasteiger partial charge in [-0.25, -0.2) is 4.79 Å². The number of carboxylic acids is 1. The second kappa shape index (κ2) is 3.35. The standard InChI is InChI=1S/C14H20O2/c1-9(2-13(15)16)14-6-10-3-11(7-14)5-12(4-10)8-14/h2,10-12H,3-8H2,1H3,(H,15,16)/b9-2+. The third-order valence-corrected chi connectivity index (χ3v) is 5.21. The maximum absolute atomic E-state index is 10.8. The van der Waals surface area contributed by atoms with Gasteiger partial charge in [-0.15, -0.1) is 0 Å². The number of carbonyl (C=O) groups is 1. The SMILES string of the molecule is C/C(=C\C(=O)O)C12CC3CC(CC(C3)C1)C2. The van der Waals surface area contributed by atoms with Crippen LogP contribution < -0.4 is 0 Å². The van der Waals surface area contributed by atoms with Crippen LogP contribution in [0.15, 0.2) is 11.6 Å². The Hall–Kier alpha value is -0.790. The third kappa shape index (κ3) is 1.50. The Labute approximate surface area is 96.7 Å². The molecular formula is C14H20O2. The molecule has 0 spiro atoms. The Bertz CT molecular complexity index is 318. The summed E-state index contributed by atoms with van der Waals surface area (Å²) >= 11 is 0. The smallest absolute Gasteiger partial charge is 0.328 e. The number of hydrogen-bond acceptors (Lipinski definition) is 1. The molecule has 0 unspecified atom stereocenters. The van der Waals surface area contributed by atoms with E-state index in [0.717, 1.165) is 23.3 Å². The van der Waals surface area contributed by atoms with E-state index >= 15 is 0 Å². The second-order valence-electron chi connectivity index (χ2n) is 6.36. The monoisotopic (exact) mass is 220 g/mol. The van der Waals surface area contributed by atoms with Crippen molar-refractivity contribution in [2.24, 2.45) is 23.2 Å². The van der Waals surface area contributed by atoms with Gasteiger partial charge in [0.25, 0.3) is 0 Å². The summed E-state index contributed by atoms with van der Waals surface area (Å²) in [6.45, 7) is 2.04. The molecule has 0 saturated heterocycles. The first-order chi connectivity index (χ1) is 7.57. The fraction of sp³-hybridized carbons (Fsp3) is 0.786. The highest BCUT2D eigenvalue weighted by Crippen LogP contribution is 2.62. The molecule has 4 saturated carbocycles. The molecule has 16 heavy (non-hydrogen) atoms. The topological polar surface area (TPSA) is 37.3 Å². The average Bonchev–Trinajstić information content (AvgIpc) is 2.13. The molecule has 1 N–H and O–H groups in total. The predicted molar refractivity (Wildman–Crippen MR) is 62.0 cm³/mol. The molecule has 4 aliphatic carbocycles. The number of carboxylic acid groups (broad SMARTS) is 1. The average molecular weight is 220 g/mol. The normalized spacial score (nSPS) is 46.1. The van der Waals surface area contributed by atoms with Gasteiger partial charge in [0.2, 0.25) is 0 Å². The first-order valence-corrected chi connectivity index (χ1v) is 6.49. The first kappa shape index (κ1) is 10.4. The van der Waals surface area contributed by atoms with Crippen LogP contribution in [0.2, 0.25) is 0 Å². The summed E-state index contributed by atoms with van der Waals surface area (Å²) in [5, 5.41) is 8.91. The molecule has 0 amide bonds. The molecule has 0 aliphatic heterocycles. The van der Waals surface area contributed by atoms with Crippen LogP contribution in [-0.4, -0.2) is 11.1 Å². The molecule has 0 heterocycles. The molecule has 0 radical (unpaired) electrons. The summed E-state index contributed by atoms with van der Waals surface area (Å²) in [4.78, 5) is 10.8. The zero-order valence-corrected chi connectivity index (χ0v) is 9.91. The van der Waals surface area contributed by atoms with Crippen molar-refractivity contribution in [1.29, 1.82) is 0 Å². The molecule has 4 bridgehead atoms. The largest absolute Gasteiger partial charge is 0.478 e. The van der Waals surface area contributed by atoms with E-state index in [0.29, 0.717) is 0 Å². The Kier molecular flexibility index (Phi) is 2.17. The highest BCUT2D eigenvalue weighted by molar-refractivity contribution is 5.80. The van der Waals surface area contributed by atoms with Crippen LogP contribution in [0.5, 0.6) is 0 Å². The summed E-state index contributed by atoms with van der Waals surface area (Å²) in [7, 11) is 0. The van der Waals surface area contributed by atoms with E-state index in [-0.39, 0.29) is 5.41 Å². The van der Waals surface area contributed by atoms with Crippen molar-refractivity contribution in [3.63, 3.8) is 0 Å². The zero-order valence-electron chi connectivity index (χ0n) is 9.91. The minimum Gasteiger partial charge on any atom is -0.478 e. The second-order valence-corrected chi connectivity index (χ2v) is 6.36. The Morgan fingerprint density at radius 3 is 1.94 bits per heavy atom. The van der Waals surface area contributed by atoms with Crippen molar-refractivity contribution in [2.75, 3.05) is 0 Å². The van der Waals surface area contributed by atoms with E-state index in [1.165, 1.54) is 44.6 Å². The van der Waals surface area contributed by atoms with Crippen LogP contribution in [0.25, 0.3) is 0 Å². The summed E-state index contributed by atoms with van der Waals surface area (Å²) in [5.41, 5.74) is 1.41. The van der Waals surface area contributed by atoms with Gasteiger partial charge in [0.15, 0.2) is 0 Å². The zero-order chi connectivity index (χ0) is 11.3. The summed E-state index contributed by atoms with van der Waals surface area (Å²) in [5.74, 6) is 1.91. The van der Waals surface area contributed by atoms with Crippen molar-refractivity contribution in [3.8, 4) is 0 Å². The Balaban J connectivity index is 1.91. The van der Waals surface area contributed by atoms with Crippen LogP contribution in [0.4, 0.5) is 0 Å². The maximum Gasteiger partial charge on any atom is 0.328 e. The molecule has 2 heteroatoms. The Morgan fingerprint density at radius 1 is 1.12 bits per heavy atom. The molecular weight excluding hydrogens is 200 g/mol. The lowest BCUT2D eigenvalue weighted by Crippen LogP contribution is -2.46. The number of allylic oxidation sites excluding steroid dienone is 1. The summed E-state index contributed by atoms with van der Waals surface area (Å²) in [6, 6.07) is 0. The van der Waals surface area contributed by atoms with Gasteiger partial charge in [-0.05, 0) is 68.6 Å². The first-order valence-electron chi connectivity index (χ1n) is 6.49. The van der Waals surface area contributed by atoms with Gasteiger partial charge in [0, 0.05) is 6.08 Å². The van der Waals surface area contributed by atoms with E-state index in [1.54, 1.807) is 0 Å². The predicted octanol–water partition coefficient (Wildman–Crippen LogP) is 3.23. The molecule has 0 aromatic carbocycles. The van der Waals surface area contributed by atoms with E-state index in [9.17, 15) is 4.79 Å². The molecule has 0 atom stereocenters. The lowest BCUT2D eigenvalue weighted by Gasteiger charge is -2.57. The molecule has 4 fully saturated rings. The molecule has 2 nitrogen and oxygen atoms in total. The van der Waals surface area contributed by atoms with Gasteiger partial charge < -0.3 is 5.11 Å². The minimum absolute atomic E-state index is 0.271. The summed E-state index contributed by atoms with van der Waals surface area (Å²) in [6.07, 6.45) is 9.49. The van der Waals surface area contributed by atoms with E-state index in [4.69, 9.17) is 5.11 Å². The van der Waals surface area contributed by atoms with Crippen LogP contribution in [0, 0.1) is 23.2 Å². The number of hydrogen-bond donors (Lipinski definition) is 1. The van der Waals surface area contributed by atoms with Crippen LogP contribution >= 0.6 is 0 Å². The van der Waals surface area contributed by atoms with Gasteiger partial charge in [-0.2, -0.15) is 0 Å². The Morgan fingerprint density at radius 2 is 1.56 bits per heavy atom. The van der Waals surface area contributed by atoms with Crippen LogP contribution in [-0.2, 0) is 4.79 Å². The number of rotatable bonds is 2. The fourth-order valence-electron chi connectivity index (χ4n) is 4.93. The van der Waals surface area contributed by atoms with Crippen LogP contribution in [0.3, 0.4) is 0 Å². The van der Waals surface area contributed by atoms with Crippen LogP contribution in [0.1, 0.15) is 45.4 Å². The van der Waals surface area contributed by atoms with Crippen molar-refractivity contribution in [1.82, 2.24) is 0 Å². The van der Waals surface area contributed by atoms with Gasteiger partial charge in [-0.1, -0.05) is 5.57 Å². The van der Waals surface area contributed by atoms with Crippen molar-refractivity contribution in [3.05, 3.63) is 11.6 Å². The molecule has 4 aliphatic rings. The van der Waals surface area contributed by atoms with Crippen molar-refractivity contribution in [2.45, 2.75) is 45.4 Å².